The SMILES string of the molecule is CCC[C@H](NC(=O)[C@H](CCC(=O)O)NC(=O)[C@H](N)COP(=O)(O)O)C(=O)N[C@H](C(=O)N[C@@H](C)C(=O)N[C@@H](CC(C)C)C(=O)N[C@@H](CO)C(=O)N[C@@H](CCCN=C(N)N)C(=O)NCCC(=O)N[C@@H](C)C(N)=O)C(C)C. The fourth-order valence-corrected chi connectivity index (χ4v) is 6.73. The predicted octanol–water partition coefficient (Wildman–Crippen LogP) is -6.25. The van der Waals surface area contributed by atoms with Crippen molar-refractivity contribution in [2.45, 2.75) is 154 Å². The number of amides is 10. The number of nitrogens with two attached hydrogens (primary N) is 4. The van der Waals surface area contributed by atoms with Gasteiger partial charge in [0.15, 0.2) is 5.96 Å². The lowest BCUT2D eigenvalue weighted by molar-refractivity contribution is -0.138. The maximum absolute atomic E-state index is 13.7. The molecule has 0 saturated carbocycles. The molecule has 0 aliphatic carbocycles. The third-order valence-corrected chi connectivity index (χ3v) is 10.9. The predicted molar refractivity (Wildman–Crippen MR) is 263 cm³/mol. The number of phosphoric acid groups is 1. The lowest BCUT2D eigenvalue weighted by Crippen LogP contribution is -2.61. The molecular weight excluding hydrogens is 1000 g/mol. The summed E-state index contributed by atoms with van der Waals surface area (Å²) in [6, 6.07) is -12.6. The number of carboxylic acid groups (broad SMARTS) is 1. The number of nitrogens with zero attached hydrogens (tertiary/aromatic N) is 1. The second kappa shape index (κ2) is 34.1. The molecule has 0 saturated heterocycles. The minimum absolute atomic E-state index is 0.00644. The normalized spacial score (nSPS) is 14.9. The molecular formula is C42H77N14O17P. The van der Waals surface area contributed by atoms with Crippen LogP contribution in [0.4, 0.5) is 0 Å². The number of carbonyl (C=O) groups excluding carboxylic acids is 10. The van der Waals surface area contributed by atoms with Crippen molar-refractivity contribution in [1.82, 2.24) is 47.9 Å². The molecule has 31 nitrogen and oxygen atoms in total. The topological polar surface area (TPSA) is 520 Å². The van der Waals surface area contributed by atoms with E-state index in [0.717, 1.165) is 0 Å². The summed E-state index contributed by atoms with van der Waals surface area (Å²) in [5, 5.41) is 41.2. The quantitative estimate of drug-likeness (QED) is 0.0120. The second-order valence-corrected chi connectivity index (χ2v) is 19.1. The maximum atomic E-state index is 13.7. The van der Waals surface area contributed by atoms with Crippen LogP contribution in [-0.4, -0.2) is 172 Å². The van der Waals surface area contributed by atoms with Crippen LogP contribution in [-0.2, 0) is 61.8 Å². The van der Waals surface area contributed by atoms with Gasteiger partial charge in [-0.1, -0.05) is 41.0 Å². The fourth-order valence-electron chi connectivity index (χ4n) is 6.37. The number of rotatable bonds is 36. The highest BCUT2D eigenvalue weighted by molar-refractivity contribution is 7.46. The number of phosphoric ester groups is 1. The molecule has 0 bridgehead atoms. The molecule has 0 aliphatic heterocycles. The van der Waals surface area contributed by atoms with E-state index in [-0.39, 0.29) is 57.1 Å². The van der Waals surface area contributed by atoms with E-state index in [9.17, 15) is 67.5 Å². The highest BCUT2D eigenvalue weighted by Gasteiger charge is 2.35. The molecule has 0 aliphatic rings. The first-order valence-corrected chi connectivity index (χ1v) is 25.2. The van der Waals surface area contributed by atoms with E-state index < -0.39 is 159 Å². The number of aliphatic hydroxyl groups is 1. The molecule has 0 aromatic heterocycles. The van der Waals surface area contributed by atoms with Crippen molar-refractivity contribution in [2.75, 3.05) is 26.3 Å². The van der Waals surface area contributed by atoms with Gasteiger partial charge < -0.3 is 90.8 Å². The van der Waals surface area contributed by atoms with Gasteiger partial charge in [-0.3, -0.25) is 62.3 Å². The Morgan fingerprint density at radius 2 is 1.12 bits per heavy atom. The van der Waals surface area contributed by atoms with Crippen molar-refractivity contribution in [1.29, 1.82) is 0 Å². The standard InChI is InChI=1S/C42H77N14O17P/c1-8-10-25(52-37(65)27(12-13-31(59)60)51-35(63)24(43)19-73-74(70,71)72)38(66)56-32(21(4)5)41(69)50-23(7)34(62)54-28(17-20(2)3)39(67)55-29(18-57)40(68)53-26(11-9-15-48-42(45)46)36(64)47-16-14-30(58)49-22(6)33(44)61/h20-29,32,57H,8-19,43H2,1-7H3,(H2,44,61)(H,47,64)(H,49,58)(H,50,69)(H,51,63)(H,52,65)(H,53,68)(H,54,62)(H,55,67)(H,56,66)(H,59,60)(H4,45,46,48)(H2,70,71,72)/t22-,23-,24+,25-,26-,27-,28-,29-,32-/m0/s1. The minimum Gasteiger partial charge on any atom is -0.481 e. The van der Waals surface area contributed by atoms with Crippen molar-refractivity contribution >= 4 is 78.8 Å². The fraction of sp³-hybridized carbons (Fsp3) is 0.714. The summed E-state index contributed by atoms with van der Waals surface area (Å²) in [6.07, 6.45) is -0.991. The van der Waals surface area contributed by atoms with Gasteiger partial charge in [0.1, 0.15) is 54.4 Å². The number of nitrogens with one attached hydrogen (secondary N) is 9. The highest BCUT2D eigenvalue weighted by Crippen LogP contribution is 2.35. The zero-order chi connectivity index (χ0) is 57.0. The Kier molecular flexibility index (Phi) is 31.0. The Hall–Kier alpha value is -6.53. The van der Waals surface area contributed by atoms with Gasteiger partial charge in [-0.2, -0.15) is 0 Å². The second-order valence-electron chi connectivity index (χ2n) is 17.9. The largest absolute Gasteiger partial charge is 0.481 e. The Balaban J connectivity index is 6.07. The minimum atomic E-state index is -5.03. The molecule has 0 rings (SSSR count). The molecule has 9 atom stereocenters. The van der Waals surface area contributed by atoms with E-state index in [1.54, 1.807) is 34.6 Å². The van der Waals surface area contributed by atoms with Crippen molar-refractivity contribution in [3.05, 3.63) is 0 Å². The molecule has 0 heterocycles. The number of hydrogen-bond acceptors (Lipinski definition) is 16. The van der Waals surface area contributed by atoms with Crippen LogP contribution in [0.2, 0.25) is 0 Å². The number of hydrogen-bond donors (Lipinski definition) is 17. The molecule has 32 heteroatoms. The van der Waals surface area contributed by atoms with E-state index in [4.69, 9.17) is 32.7 Å². The van der Waals surface area contributed by atoms with E-state index in [2.05, 4.69) is 57.4 Å². The number of primary amides is 1. The molecule has 0 spiro atoms. The van der Waals surface area contributed by atoms with Gasteiger partial charge in [-0.25, -0.2) is 4.57 Å². The Morgan fingerprint density at radius 3 is 1.64 bits per heavy atom. The third kappa shape index (κ3) is 28.1. The maximum Gasteiger partial charge on any atom is 0.469 e. The van der Waals surface area contributed by atoms with Gasteiger partial charge >= 0.3 is 13.8 Å². The summed E-state index contributed by atoms with van der Waals surface area (Å²) < 4.78 is 15.3. The van der Waals surface area contributed by atoms with Gasteiger partial charge in [-0.15, -0.1) is 0 Å². The Labute approximate surface area is 428 Å². The summed E-state index contributed by atoms with van der Waals surface area (Å²) in [6.45, 7) is 8.81. The van der Waals surface area contributed by atoms with Crippen LogP contribution >= 0.6 is 7.82 Å². The van der Waals surface area contributed by atoms with Crippen LogP contribution in [0, 0.1) is 11.8 Å². The summed E-state index contributed by atoms with van der Waals surface area (Å²) in [5.74, 6) is -11.3. The van der Waals surface area contributed by atoms with Crippen LogP contribution < -0.4 is 70.8 Å². The molecule has 0 aromatic rings. The first-order valence-electron chi connectivity index (χ1n) is 23.7. The van der Waals surface area contributed by atoms with E-state index in [1.807, 2.05) is 0 Å². The van der Waals surface area contributed by atoms with Crippen molar-refractivity contribution in [2.24, 2.45) is 39.8 Å². The van der Waals surface area contributed by atoms with Crippen molar-refractivity contribution < 1.29 is 81.8 Å². The van der Waals surface area contributed by atoms with E-state index in [1.165, 1.54) is 13.8 Å². The lowest BCUT2D eigenvalue weighted by Gasteiger charge is -2.28. The van der Waals surface area contributed by atoms with Gasteiger partial charge in [0.25, 0.3) is 0 Å². The van der Waals surface area contributed by atoms with Gasteiger partial charge in [0.2, 0.25) is 59.1 Å². The van der Waals surface area contributed by atoms with Crippen LogP contribution in [0.5, 0.6) is 0 Å². The molecule has 0 radical (unpaired) electrons. The summed E-state index contributed by atoms with van der Waals surface area (Å²) in [7, 11) is -5.03. The first-order chi connectivity index (χ1) is 34.3. The number of carbonyl (C=O) groups is 11. The molecule has 74 heavy (non-hydrogen) atoms. The van der Waals surface area contributed by atoms with E-state index >= 15 is 0 Å². The molecule has 21 N–H and O–H groups in total. The molecule has 0 aromatic carbocycles. The number of aliphatic imine (C=N–C) groups is 1. The number of aliphatic carboxylic acids is 1. The van der Waals surface area contributed by atoms with Crippen molar-refractivity contribution in [3.8, 4) is 0 Å². The highest BCUT2D eigenvalue weighted by atomic mass is 31.2. The van der Waals surface area contributed by atoms with Crippen LogP contribution in [0.25, 0.3) is 0 Å². The van der Waals surface area contributed by atoms with Gasteiger partial charge in [0, 0.05) is 25.9 Å². The van der Waals surface area contributed by atoms with Crippen LogP contribution in [0.15, 0.2) is 4.99 Å². The third-order valence-electron chi connectivity index (χ3n) is 10.4. The molecule has 10 amide bonds. The summed E-state index contributed by atoms with van der Waals surface area (Å²) >= 11 is 0. The molecule has 0 fully saturated rings. The zero-order valence-electron chi connectivity index (χ0n) is 42.6. The van der Waals surface area contributed by atoms with Crippen molar-refractivity contribution in [3.63, 3.8) is 0 Å². The molecule has 422 valence electrons. The monoisotopic (exact) mass is 1080 g/mol. The van der Waals surface area contributed by atoms with Gasteiger partial charge in [0.05, 0.1) is 13.2 Å². The number of aliphatic hydroxyl groups excluding tert-OH is 1. The van der Waals surface area contributed by atoms with Gasteiger partial charge in [-0.05, 0) is 57.8 Å². The smallest absolute Gasteiger partial charge is 0.469 e. The Morgan fingerprint density at radius 1 is 0.608 bits per heavy atom. The summed E-state index contributed by atoms with van der Waals surface area (Å²) in [5.41, 5.74) is 21.5. The van der Waals surface area contributed by atoms with Crippen LogP contribution in [0.3, 0.4) is 0 Å². The van der Waals surface area contributed by atoms with E-state index in [0.29, 0.717) is 6.42 Å². The summed E-state index contributed by atoms with van der Waals surface area (Å²) in [4.78, 5) is 164. The van der Waals surface area contributed by atoms with Crippen LogP contribution in [0.1, 0.15) is 99.8 Å². The zero-order valence-corrected chi connectivity index (χ0v) is 43.5. The number of carboxylic acids is 1. The first kappa shape index (κ1) is 67.5. The average Bonchev–Trinajstić information content (AvgIpc) is 3.29. The Bertz CT molecular complexity index is 2020. The lowest BCUT2D eigenvalue weighted by atomic mass is 10.0. The number of guanidine groups is 1. The molecule has 0 unspecified atom stereocenters. The average molecular weight is 1080 g/mol.